The number of ether oxygens (including phenoxy) is 1. The fourth-order valence-corrected chi connectivity index (χ4v) is 4.93. The molecule has 0 fully saturated rings. The van der Waals surface area contributed by atoms with Gasteiger partial charge in [0, 0.05) is 5.02 Å². The number of hydrogen-bond donors (Lipinski definition) is 2. The van der Waals surface area contributed by atoms with Crippen molar-refractivity contribution in [3.05, 3.63) is 94.0 Å². The van der Waals surface area contributed by atoms with Crippen LogP contribution in [0.4, 0.5) is 0 Å². The summed E-state index contributed by atoms with van der Waals surface area (Å²) in [7, 11) is -2.61. The molecule has 33 heavy (non-hydrogen) atoms. The van der Waals surface area contributed by atoms with Crippen LogP contribution >= 0.6 is 23.2 Å². The molecule has 3 rings (SSSR count). The molecule has 9 heteroatoms. The summed E-state index contributed by atoms with van der Waals surface area (Å²) in [6, 6.07) is 19.0. The maximum absolute atomic E-state index is 13.2. The van der Waals surface area contributed by atoms with E-state index >= 15 is 0 Å². The third-order valence-electron chi connectivity index (χ3n) is 5.06. The lowest BCUT2D eigenvalue weighted by Crippen LogP contribution is -2.48. The van der Waals surface area contributed by atoms with Crippen molar-refractivity contribution < 1.29 is 17.9 Å². The Morgan fingerprint density at radius 2 is 1.67 bits per heavy atom. The number of hydrogen-bond acceptors (Lipinski definition) is 4. The molecule has 2 atom stereocenters. The van der Waals surface area contributed by atoms with Crippen molar-refractivity contribution in [3.63, 3.8) is 0 Å². The number of rotatable bonds is 9. The molecule has 0 radical (unpaired) electrons. The SMILES string of the molecule is COc1ccc(S(=O)(=O)N[C@@H](Cc2ccccc2)C(=O)N[C@@H](C)c2ccc(Cl)cc2)cc1Cl. The highest BCUT2D eigenvalue weighted by Gasteiger charge is 2.27. The third-order valence-corrected chi connectivity index (χ3v) is 7.08. The molecular formula is C24H24Cl2N2O4S. The van der Waals surface area contributed by atoms with Crippen molar-refractivity contribution in [2.45, 2.75) is 30.3 Å². The highest BCUT2D eigenvalue weighted by Crippen LogP contribution is 2.27. The Hall–Kier alpha value is -2.58. The Morgan fingerprint density at radius 1 is 1.00 bits per heavy atom. The topological polar surface area (TPSA) is 84.5 Å². The summed E-state index contributed by atoms with van der Waals surface area (Å²) in [5, 5.41) is 3.63. The molecule has 0 aliphatic carbocycles. The quantitative estimate of drug-likeness (QED) is 0.437. The van der Waals surface area contributed by atoms with Gasteiger partial charge in [0.2, 0.25) is 15.9 Å². The molecule has 0 saturated carbocycles. The van der Waals surface area contributed by atoms with Crippen LogP contribution in [-0.2, 0) is 21.2 Å². The van der Waals surface area contributed by atoms with Crippen LogP contribution in [0, 0.1) is 0 Å². The van der Waals surface area contributed by atoms with Gasteiger partial charge in [-0.25, -0.2) is 8.42 Å². The molecule has 6 nitrogen and oxygen atoms in total. The summed E-state index contributed by atoms with van der Waals surface area (Å²) in [4.78, 5) is 13.1. The van der Waals surface area contributed by atoms with E-state index in [0.717, 1.165) is 11.1 Å². The number of benzene rings is 3. The molecule has 0 spiro atoms. The lowest BCUT2D eigenvalue weighted by Gasteiger charge is -2.22. The Bertz CT molecular complexity index is 1200. The molecule has 0 unspecified atom stereocenters. The van der Waals surface area contributed by atoms with Crippen LogP contribution in [0.3, 0.4) is 0 Å². The van der Waals surface area contributed by atoms with E-state index < -0.39 is 22.0 Å². The van der Waals surface area contributed by atoms with Crippen molar-refractivity contribution >= 4 is 39.1 Å². The molecule has 3 aromatic carbocycles. The van der Waals surface area contributed by atoms with Gasteiger partial charge < -0.3 is 10.1 Å². The number of amides is 1. The normalized spacial score (nSPS) is 13.2. The predicted octanol–water partition coefficient (Wildman–Crippen LogP) is 4.77. The lowest BCUT2D eigenvalue weighted by molar-refractivity contribution is -0.123. The van der Waals surface area contributed by atoms with Crippen molar-refractivity contribution in [1.29, 1.82) is 0 Å². The molecule has 0 heterocycles. The van der Waals surface area contributed by atoms with Crippen molar-refractivity contribution in [1.82, 2.24) is 10.0 Å². The minimum atomic E-state index is -4.05. The molecule has 0 aliphatic rings. The van der Waals surface area contributed by atoms with E-state index in [9.17, 15) is 13.2 Å². The summed E-state index contributed by atoms with van der Waals surface area (Å²) in [5.41, 5.74) is 1.66. The van der Waals surface area contributed by atoms with Crippen LogP contribution in [0.2, 0.25) is 10.0 Å². The maximum Gasteiger partial charge on any atom is 0.241 e. The third kappa shape index (κ3) is 6.71. The zero-order valence-electron chi connectivity index (χ0n) is 18.1. The Balaban J connectivity index is 1.84. The van der Waals surface area contributed by atoms with Crippen molar-refractivity contribution in [3.8, 4) is 5.75 Å². The minimum Gasteiger partial charge on any atom is -0.495 e. The van der Waals surface area contributed by atoms with Gasteiger partial charge in [0.05, 0.1) is 23.1 Å². The van der Waals surface area contributed by atoms with Crippen LogP contribution in [0.25, 0.3) is 0 Å². The first-order valence-electron chi connectivity index (χ1n) is 10.1. The zero-order chi connectivity index (χ0) is 24.0. The average Bonchev–Trinajstić information content (AvgIpc) is 2.79. The van der Waals surface area contributed by atoms with Crippen LogP contribution in [-0.4, -0.2) is 27.5 Å². The van der Waals surface area contributed by atoms with E-state index in [1.165, 1.54) is 25.3 Å². The number of sulfonamides is 1. The van der Waals surface area contributed by atoms with Gasteiger partial charge in [-0.3, -0.25) is 4.79 Å². The Labute approximate surface area is 203 Å². The lowest BCUT2D eigenvalue weighted by atomic mass is 10.0. The van der Waals surface area contributed by atoms with Gasteiger partial charge in [0.25, 0.3) is 0 Å². The Morgan fingerprint density at radius 3 is 2.27 bits per heavy atom. The molecule has 0 aliphatic heterocycles. The number of halogens is 2. The van der Waals surface area contributed by atoms with Gasteiger partial charge in [-0.1, -0.05) is 65.7 Å². The molecule has 2 N–H and O–H groups in total. The van der Waals surface area contributed by atoms with Crippen molar-refractivity contribution in [2.75, 3.05) is 7.11 Å². The second kappa shape index (κ2) is 11.0. The molecule has 1 amide bonds. The fourth-order valence-electron chi connectivity index (χ4n) is 3.26. The van der Waals surface area contributed by atoms with E-state index in [1.54, 1.807) is 12.1 Å². The van der Waals surface area contributed by atoms with E-state index in [-0.39, 0.29) is 22.4 Å². The molecule has 3 aromatic rings. The van der Waals surface area contributed by atoms with Gasteiger partial charge in [-0.05, 0) is 54.8 Å². The summed E-state index contributed by atoms with van der Waals surface area (Å²) < 4.78 is 33.8. The molecule has 174 valence electrons. The smallest absolute Gasteiger partial charge is 0.241 e. The summed E-state index contributed by atoms with van der Waals surface area (Å²) >= 11 is 12.0. The second-order valence-electron chi connectivity index (χ2n) is 7.44. The number of nitrogens with one attached hydrogen (secondary N) is 2. The fraction of sp³-hybridized carbons (Fsp3) is 0.208. The minimum absolute atomic E-state index is 0.0649. The second-order valence-corrected chi connectivity index (χ2v) is 10.00. The van der Waals surface area contributed by atoms with Crippen LogP contribution in [0.5, 0.6) is 5.75 Å². The van der Waals surface area contributed by atoms with Gasteiger partial charge in [-0.15, -0.1) is 0 Å². The average molecular weight is 507 g/mol. The van der Waals surface area contributed by atoms with Gasteiger partial charge >= 0.3 is 0 Å². The van der Waals surface area contributed by atoms with Crippen LogP contribution in [0.15, 0.2) is 77.7 Å². The van der Waals surface area contributed by atoms with E-state index in [1.807, 2.05) is 49.4 Å². The summed E-state index contributed by atoms with van der Waals surface area (Å²) in [6.07, 6.45) is 0.170. The molecule has 0 aromatic heterocycles. The maximum atomic E-state index is 13.2. The number of carbonyl (C=O) groups is 1. The summed E-state index contributed by atoms with van der Waals surface area (Å²) in [5.74, 6) is -0.101. The first kappa shape index (κ1) is 25.1. The number of methoxy groups -OCH3 is 1. The molecule has 0 saturated heterocycles. The standard InChI is InChI=1S/C24H24Cl2N2O4S/c1-16(18-8-10-19(25)11-9-18)27-24(29)22(14-17-6-4-3-5-7-17)28-33(30,31)20-12-13-23(32-2)21(26)15-20/h3-13,15-16,22,28H,14H2,1-2H3,(H,27,29)/t16-,22-/m0/s1. The van der Waals surface area contributed by atoms with Crippen LogP contribution < -0.4 is 14.8 Å². The molecular weight excluding hydrogens is 483 g/mol. The van der Waals surface area contributed by atoms with Crippen LogP contribution in [0.1, 0.15) is 24.1 Å². The van der Waals surface area contributed by atoms with E-state index in [4.69, 9.17) is 27.9 Å². The van der Waals surface area contributed by atoms with Gasteiger partial charge in [0.15, 0.2) is 0 Å². The highest BCUT2D eigenvalue weighted by atomic mass is 35.5. The number of carbonyl (C=O) groups excluding carboxylic acids is 1. The zero-order valence-corrected chi connectivity index (χ0v) is 20.4. The first-order chi connectivity index (χ1) is 15.7. The van der Waals surface area contributed by atoms with Gasteiger partial charge in [0.1, 0.15) is 11.8 Å². The van der Waals surface area contributed by atoms with E-state index in [2.05, 4.69) is 10.0 Å². The van der Waals surface area contributed by atoms with E-state index in [0.29, 0.717) is 10.8 Å². The highest BCUT2D eigenvalue weighted by molar-refractivity contribution is 7.89. The summed E-state index contributed by atoms with van der Waals surface area (Å²) in [6.45, 7) is 1.82. The van der Waals surface area contributed by atoms with Gasteiger partial charge in [-0.2, -0.15) is 4.72 Å². The largest absolute Gasteiger partial charge is 0.495 e. The first-order valence-corrected chi connectivity index (χ1v) is 12.4. The Kier molecular flexibility index (Phi) is 8.37. The van der Waals surface area contributed by atoms with Crippen molar-refractivity contribution in [2.24, 2.45) is 0 Å². The monoisotopic (exact) mass is 506 g/mol. The predicted molar refractivity (Wildman–Crippen MR) is 130 cm³/mol. The molecule has 0 bridgehead atoms.